The fourth-order valence-electron chi connectivity index (χ4n) is 3.04. The van der Waals surface area contributed by atoms with Crippen LogP contribution in [0, 0.1) is 0 Å². The van der Waals surface area contributed by atoms with Crippen LogP contribution in [0.1, 0.15) is 26.2 Å². The van der Waals surface area contributed by atoms with Crippen molar-refractivity contribution in [3.8, 4) is 0 Å². The van der Waals surface area contributed by atoms with E-state index in [4.69, 9.17) is 5.73 Å². The molecular weight excluding hydrogens is 266 g/mol. The second kappa shape index (κ2) is 5.92. The Morgan fingerprint density at radius 3 is 3.05 bits per heavy atom. The Morgan fingerprint density at radius 1 is 1.30 bits per heavy atom. The zero-order valence-electron chi connectivity index (χ0n) is 11.8. The van der Waals surface area contributed by atoms with Crippen LogP contribution >= 0.6 is 11.8 Å². The molecule has 0 bridgehead atoms. The second-order valence-electron chi connectivity index (χ2n) is 5.30. The molecule has 1 aromatic heterocycles. The summed E-state index contributed by atoms with van der Waals surface area (Å²) in [7, 11) is 0. The van der Waals surface area contributed by atoms with E-state index in [-0.39, 0.29) is 0 Å². The highest BCUT2D eigenvalue weighted by atomic mass is 32.2. The third kappa shape index (κ3) is 2.57. The van der Waals surface area contributed by atoms with Crippen molar-refractivity contribution in [1.82, 2.24) is 4.98 Å². The number of nitrogens with zero attached hydrogens (tertiary/aromatic N) is 1. The zero-order valence-corrected chi connectivity index (χ0v) is 12.6. The normalized spacial score (nSPS) is 22.2. The largest absolute Gasteiger partial charge is 0.398 e. The van der Waals surface area contributed by atoms with E-state index < -0.39 is 0 Å². The van der Waals surface area contributed by atoms with Crippen molar-refractivity contribution >= 4 is 33.9 Å². The number of pyridine rings is 1. The van der Waals surface area contributed by atoms with Gasteiger partial charge in [0.25, 0.3) is 0 Å². The number of aromatic nitrogens is 1. The maximum Gasteiger partial charge on any atom is 0.0425 e. The van der Waals surface area contributed by atoms with Gasteiger partial charge in [-0.2, -0.15) is 11.8 Å². The van der Waals surface area contributed by atoms with Crippen LogP contribution in [0.4, 0.5) is 11.4 Å². The van der Waals surface area contributed by atoms with Gasteiger partial charge < -0.3 is 11.1 Å². The minimum Gasteiger partial charge on any atom is -0.398 e. The highest BCUT2D eigenvalue weighted by Crippen LogP contribution is 2.34. The van der Waals surface area contributed by atoms with Crippen molar-refractivity contribution in [1.29, 1.82) is 0 Å². The molecule has 1 saturated carbocycles. The highest BCUT2D eigenvalue weighted by molar-refractivity contribution is 7.99. The number of nitrogens with two attached hydrogens (primary N) is 1. The van der Waals surface area contributed by atoms with Gasteiger partial charge in [0.1, 0.15) is 0 Å². The molecule has 1 heterocycles. The standard InChI is InChI=1S/C16H21N3S/c1-2-20-16-5-3-4-15(16)19-14-7-6-13(17)12-10-18-9-8-11(12)14/h6-10,15-16,19H,2-5,17H2,1H3. The van der Waals surface area contributed by atoms with Crippen LogP contribution in [-0.4, -0.2) is 22.0 Å². The molecule has 3 rings (SSSR count). The summed E-state index contributed by atoms with van der Waals surface area (Å²) in [6.07, 6.45) is 7.59. The lowest BCUT2D eigenvalue weighted by molar-refractivity contribution is 0.769. The molecule has 3 N–H and O–H groups in total. The molecule has 0 aliphatic heterocycles. The lowest BCUT2D eigenvalue weighted by Crippen LogP contribution is -2.26. The molecule has 2 aromatic rings. The SMILES string of the molecule is CCSC1CCCC1Nc1ccc(N)c2cnccc12. The summed E-state index contributed by atoms with van der Waals surface area (Å²) in [6.45, 7) is 2.24. The molecule has 0 saturated heterocycles. The van der Waals surface area contributed by atoms with Crippen molar-refractivity contribution in [2.45, 2.75) is 37.5 Å². The van der Waals surface area contributed by atoms with E-state index in [0.29, 0.717) is 6.04 Å². The van der Waals surface area contributed by atoms with Gasteiger partial charge in [0.05, 0.1) is 0 Å². The quantitative estimate of drug-likeness (QED) is 0.837. The Hall–Kier alpha value is -1.42. The molecule has 1 aliphatic carbocycles. The van der Waals surface area contributed by atoms with Gasteiger partial charge in [-0.15, -0.1) is 0 Å². The molecular formula is C16H21N3S. The average Bonchev–Trinajstić information content (AvgIpc) is 2.90. The van der Waals surface area contributed by atoms with Crippen LogP contribution in [0.3, 0.4) is 0 Å². The van der Waals surface area contributed by atoms with E-state index in [0.717, 1.165) is 16.3 Å². The van der Waals surface area contributed by atoms with Crippen molar-refractivity contribution in [3.05, 3.63) is 30.6 Å². The Bertz CT molecular complexity index is 599. The summed E-state index contributed by atoms with van der Waals surface area (Å²) in [5.74, 6) is 1.19. The van der Waals surface area contributed by atoms with E-state index in [1.807, 2.05) is 24.5 Å². The molecule has 3 nitrogen and oxygen atoms in total. The number of anilines is 2. The van der Waals surface area contributed by atoms with E-state index in [9.17, 15) is 0 Å². The van der Waals surface area contributed by atoms with Crippen molar-refractivity contribution in [3.63, 3.8) is 0 Å². The summed E-state index contributed by atoms with van der Waals surface area (Å²) in [5, 5.41) is 6.68. The monoisotopic (exact) mass is 287 g/mol. The first-order valence-corrected chi connectivity index (χ1v) is 8.35. The molecule has 1 fully saturated rings. The molecule has 0 radical (unpaired) electrons. The van der Waals surface area contributed by atoms with Crippen LogP contribution in [0.15, 0.2) is 30.6 Å². The molecule has 4 heteroatoms. The van der Waals surface area contributed by atoms with E-state index in [1.165, 1.54) is 36.1 Å². The third-order valence-electron chi connectivity index (χ3n) is 4.03. The molecule has 20 heavy (non-hydrogen) atoms. The number of hydrogen-bond acceptors (Lipinski definition) is 4. The van der Waals surface area contributed by atoms with Gasteiger partial charge in [-0.25, -0.2) is 0 Å². The number of thioether (sulfide) groups is 1. The minimum atomic E-state index is 0.569. The predicted molar refractivity (Wildman–Crippen MR) is 89.3 cm³/mol. The molecule has 0 spiro atoms. The molecule has 2 unspecified atom stereocenters. The first-order valence-electron chi connectivity index (χ1n) is 7.30. The number of fused-ring (bicyclic) bond motifs is 1. The molecule has 1 aromatic carbocycles. The van der Waals surface area contributed by atoms with Gasteiger partial charge in [0.2, 0.25) is 0 Å². The fraction of sp³-hybridized carbons (Fsp3) is 0.438. The van der Waals surface area contributed by atoms with Gasteiger partial charge in [-0.1, -0.05) is 13.3 Å². The number of nitrogen functional groups attached to an aromatic ring is 1. The van der Waals surface area contributed by atoms with Crippen LogP contribution in [0.5, 0.6) is 0 Å². The van der Waals surface area contributed by atoms with Crippen LogP contribution in [0.2, 0.25) is 0 Å². The molecule has 0 amide bonds. The number of nitrogens with one attached hydrogen (secondary N) is 1. The van der Waals surface area contributed by atoms with Crippen molar-refractivity contribution < 1.29 is 0 Å². The zero-order chi connectivity index (χ0) is 13.9. The van der Waals surface area contributed by atoms with E-state index >= 15 is 0 Å². The highest BCUT2D eigenvalue weighted by Gasteiger charge is 2.27. The smallest absolute Gasteiger partial charge is 0.0425 e. The summed E-state index contributed by atoms with van der Waals surface area (Å²) in [4.78, 5) is 4.18. The number of hydrogen-bond donors (Lipinski definition) is 2. The molecule has 2 atom stereocenters. The van der Waals surface area contributed by atoms with E-state index in [1.54, 1.807) is 0 Å². The number of rotatable bonds is 4. The predicted octanol–water partition coefficient (Wildman–Crippen LogP) is 3.90. The first-order chi connectivity index (χ1) is 9.79. The maximum atomic E-state index is 6.04. The van der Waals surface area contributed by atoms with Gasteiger partial charge in [-0.05, 0) is 36.8 Å². The molecule has 106 valence electrons. The van der Waals surface area contributed by atoms with Crippen LogP contribution in [0.25, 0.3) is 10.8 Å². The first kappa shape index (κ1) is 13.6. The molecule has 1 aliphatic rings. The Morgan fingerprint density at radius 2 is 2.20 bits per heavy atom. The Balaban J connectivity index is 1.89. The van der Waals surface area contributed by atoms with Gasteiger partial charge in [-0.3, -0.25) is 4.98 Å². The minimum absolute atomic E-state index is 0.569. The van der Waals surface area contributed by atoms with Crippen LogP contribution in [-0.2, 0) is 0 Å². The Labute approximate surface area is 124 Å². The summed E-state index contributed by atoms with van der Waals surface area (Å²) in [5.41, 5.74) is 8.02. The van der Waals surface area contributed by atoms with Gasteiger partial charge in [0, 0.05) is 45.8 Å². The lowest BCUT2D eigenvalue weighted by Gasteiger charge is -2.22. The van der Waals surface area contributed by atoms with E-state index in [2.05, 4.69) is 35.1 Å². The van der Waals surface area contributed by atoms with Crippen LogP contribution < -0.4 is 11.1 Å². The topological polar surface area (TPSA) is 50.9 Å². The lowest BCUT2D eigenvalue weighted by atomic mass is 10.1. The van der Waals surface area contributed by atoms with Crippen molar-refractivity contribution in [2.24, 2.45) is 0 Å². The van der Waals surface area contributed by atoms with Gasteiger partial charge >= 0.3 is 0 Å². The summed E-state index contributed by atoms with van der Waals surface area (Å²) in [6, 6.07) is 6.69. The second-order valence-corrected chi connectivity index (χ2v) is 6.82. The Kier molecular flexibility index (Phi) is 4.01. The van der Waals surface area contributed by atoms with Gasteiger partial charge in [0.15, 0.2) is 0 Å². The van der Waals surface area contributed by atoms with Crippen molar-refractivity contribution in [2.75, 3.05) is 16.8 Å². The number of benzene rings is 1. The third-order valence-corrected chi connectivity index (χ3v) is 5.35. The fourth-order valence-corrected chi connectivity index (χ4v) is 4.24. The average molecular weight is 287 g/mol. The maximum absolute atomic E-state index is 6.04. The summed E-state index contributed by atoms with van der Waals surface area (Å²) >= 11 is 2.08. The summed E-state index contributed by atoms with van der Waals surface area (Å²) < 4.78 is 0.